The molecule has 0 heterocycles. The van der Waals surface area contributed by atoms with Crippen LogP contribution in [0, 0.1) is 0 Å². The van der Waals surface area contributed by atoms with E-state index in [2.05, 4.69) is 5.32 Å². The van der Waals surface area contributed by atoms with Gasteiger partial charge in [0.1, 0.15) is 5.75 Å². The van der Waals surface area contributed by atoms with Crippen LogP contribution in [0.3, 0.4) is 0 Å². The van der Waals surface area contributed by atoms with Crippen molar-refractivity contribution in [2.75, 3.05) is 13.2 Å². The average molecular weight is 228 g/mol. The molecule has 0 radical (unpaired) electrons. The zero-order chi connectivity index (χ0) is 11.1. The second-order valence-electron chi connectivity index (χ2n) is 3.03. The molecular formula is C11H14ClNO2. The summed E-state index contributed by atoms with van der Waals surface area (Å²) in [6.45, 7) is 3.17. The Bertz CT molecular complexity index is 311. The molecule has 82 valence electrons. The third-order valence-corrected chi connectivity index (χ3v) is 2.05. The zero-order valence-electron chi connectivity index (χ0n) is 8.63. The highest BCUT2D eigenvalue weighted by Crippen LogP contribution is 2.12. The van der Waals surface area contributed by atoms with Crippen molar-refractivity contribution < 1.29 is 9.53 Å². The quantitative estimate of drug-likeness (QED) is 0.620. The maximum Gasteiger partial charge on any atom is 0.313 e. The first kappa shape index (κ1) is 11.9. The van der Waals surface area contributed by atoms with Gasteiger partial charge in [-0.3, -0.25) is 4.79 Å². The highest BCUT2D eigenvalue weighted by atomic mass is 35.5. The third-order valence-electron chi connectivity index (χ3n) is 1.91. The number of carbonyl (C=O) groups is 1. The van der Waals surface area contributed by atoms with Crippen LogP contribution in [-0.2, 0) is 6.42 Å². The zero-order valence-corrected chi connectivity index (χ0v) is 9.38. The lowest BCUT2D eigenvalue weighted by Gasteiger charge is -2.04. The van der Waals surface area contributed by atoms with Crippen LogP contribution in [0.5, 0.6) is 5.75 Å². The fourth-order valence-electron chi connectivity index (χ4n) is 1.22. The summed E-state index contributed by atoms with van der Waals surface area (Å²) in [5, 5.41) is 2.02. The van der Waals surface area contributed by atoms with Gasteiger partial charge in [-0.2, -0.15) is 0 Å². The normalized spacial score (nSPS) is 9.73. The number of hydrogen-bond acceptors (Lipinski definition) is 2. The van der Waals surface area contributed by atoms with Crippen LogP contribution < -0.4 is 10.1 Å². The lowest BCUT2D eigenvalue weighted by Crippen LogP contribution is -2.19. The number of carbonyl (C=O) groups excluding carboxylic acids is 1. The van der Waals surface area contributed by atoms with Crippen molar-refractivity contribution in [3.8, 4) is 5.75 Å². The van der Waals surface area contributed by atoms with Crippen LogP contribution in [0.1, 0.15) is 12.5 Å². The Hall–Kier alpha value is -1.22. The molecule has 0 bridgehead atoms. The highest BCUT2D eigenvalue weighted by Gasteiger charge is 1.96. The first-order valence-electron chi connectivity index (χ1n) is 4.87. The summed E-state index contributed by atoms with van der Waals surface area (Å²) in [6.07, 6.45) is 0.769. The summed E-state index contributed by atoms with van der Waals surface area (Å²) in [4.78, 5) is 10.4. The predicted molar refractivity (Wildman–Crippen MR) is 60.6 cm³/mol. The van der Waals surface area contributed by atoms with Gasteiger partial charge >= 0.3 is 5.37 Å². The number of amides is 1. The smallest absolute Gasteiger partial charge is 0.313 e. The molecule has 0 fully saturated rings. The molecule has 3 nitrogen and oxygen atoms in total. The van der Waals surface area contributed by atoms with E-state index in [9.17, 15) is 4.79 Å². The number of halogens is 1. The Labute approximate surface area is 94.4 Å². The summed E-state index contributed by atoms with van der Waals surface area (Å²) in [7, 11) is 0. The van der Waals surface area contributed by atoms with Crippen molar-refractivity contribution in [2.45, 2.75) is 13.3 Å². The molecular weight excluding hydrogens is 214 g/mol. The van der Waals surface area contributed by atoms with Gasteiger partial charge in [-0.1, -0.05) is 12.1 Å². The van der Waals surface area contributed by atoms with Gasteiger partial charge in [0.15, 0.2) is 0 Å². The van der Waals surface area contributed by atoms with Crippen LogP contribution in [-0.4, -0.2) is 18.5 Å². The van der Waals surface area contributed by atoms with E-state index in [4.69, 9.17) is 16.3 Å². The van der Waals surface area contributed by atoms with E-state index in [1.165, 1.54) is 0 Å². The number of benzene rings is 1. The summed E-state index contributed by atoms with van der Waals surface area (Å²) in [6, 6.07) is 7.79. The van der Waals surface area contributed by atoms with Crippen molar-refractivity contribution in [1.82, 2.24) is 5.32 Å². The van der Waals surface area contributed by atoms with Crippen molar-refractivity contribution in [3.05, 3.63) is 29.8 Å². The Morgan fingerprint density at radius 3 is 2.60 bits per heavy atom. The molecule has 0 aliphatic rings. The molecule has 4 heteroatoms. The van der Waals surface area contributed by atoms with Crippen LogP contribution in [0.2, 0.25) is 0 Å². The van der Waals surface area contributed by atoms with Gasteiger partial charge in [-0.25, -0.2) is 0 Å². The number of nitrogens with one attached hydrogen (secondary N) is 1. The fourth-order valence-corrected chi connectivity index (χ4v) is 1.32. The Kier molecular flexibility index (Phi) is 4.98. The van der Waals surface area contributed by atoms with E-state index in [1.54, 1.807) is 0 Å². The summed E-state index contributed by atoms with van der Waals surface area (Å²) in [5.41, 5.74) is 1.14. The topological polar surface area (TPSA) is 38.3 Å². The summed E-state index contributed by atoms with van der Waals surface area (Å²) in [5.74, 6) is 0.864. The second-order valence-corrected chi connectivity index (χ2v) is 3.37. The second kappa shape index (κ2) is 6.30. The van der Waals surface area contributed by atoms with Gasteiger partial charge in [0.25, 0.3) is 0 Å². The lowest BCUT2D eigenvalue weighted by molar-refractivity contribution is 0.260. The number of hydrogen-bond donors (Lipinski definition) is 1. The maximum absolute atomic E-state index is 10.4. The SMILES string of the molecule is CCOc1ccc(CCNC(=O)Cl)cc1. The summed E-state index contributed by atoms with van der Waals surface area (Å²) >= 11 is 5.14. The minimum atomic E-state index is -0.513. The molecule has 0 atom stereocenters. The van der Waals surface area contributed by atoms with Crippen molar-refractivity contribution in [3.63, 3.8) is 0 Å². The first-order valence-corrected chi connectivity index (χ1v) is 5.25. The standard InChI is InChI=1S/C11H14ClNO2/c1-2-15-10-5-3-9(4-6-10)7-8-13-11(12)14/h3-6H,2,7-8H2,1H3,(H,13,14). The Morgan fingerprint density at radius 1 is 1.40 bits per heavy atom. The molecule has 0 aromatic heterocycles. The van der Waals surface area contributed by atoms with Gasteiger partial charge in [0.05, 0.1) is 6.61 Å². The monoisotopic (exact) mass is 227 g/mol. The van der Waals surface area contributed by atoms with Crippen LogP contribution >= 0.6 is 11.6 Å². The largest absolute Gasteiger partial charge is 0.494 e. The average Bonchev–Trinajstić information content (AvgIpc) is 2.20. The van der Waals surface area contributed by atoms with Crippen molar-refractivity contribution in [2.24, 2.45) is 0 Å². The van der Waals surface area contributed by atoms with E-state index < -0.39 is 5.37 Å². The molecule has 15 heavy (non-hydrogen) atoms. The van der Waals surface area contributed by atoms with Gasteiger partial charge in [-0.05, 0) is 42.6 Å². The Balaban J connectivity index is 2.39. The van der Waals surface area contributed by atoms with Crippen molar-refractivity contribution in [1.29, 1.82) is 0 Å². The third kappa shape index (κ3) is 4.70. The molecule has 1 N–H and O–H groups in total. The van der Waals surface area contributed by atoms with Crippen LogP contribution in [0.15, 0.2) is 24.3 Å². The molecule has 0 saturated carbocycles. The minimum absolute atomic E-state index is 0.513. The molecule has 0 saturated heterocycles. The first-order chi connectivity index (χ1) is 7.22. The molecule has 1 amide bonds. The number of ether oxygens (including phenoxy) is 1. The number of rotatable bonds is 5. The van der Waals surface area contributed by atoms with Crippen molar-refractivity contribution >= 4 is 17.0 Å². The minimum Gasteiger partial charge on any atom is -0.494 e. The molecule has 1 rings (SSSR count). The predicted octanol–water partition coefficient (Wildman–Crippen LogP) is 2.58. The van der Waals surface area contributed by atoms with Gasteiger partial charge in [0, 0.05) is 6.54 Å². The summed E-state index contributed by atoms with van der Waals surface area (Å²) < 4.78 is 5.31. The molecule has 0 spiro atoms. The van der Waals surface area contributed by atoms with E-state index in [1.807, 2.05) is 31.2 Å². The van der Waals surface area contributed by atoms with Gasteiger partial charge in [-0.15, -0.1) is 0 Å². The lowest BCUT2D eigenvalue weighted by atomic mass is 10.1. The van der Waals surface area contributed by atoms with Crippen LogP contribution in [0.25, 0.3) is 0 Å². The van der Waals surface area contributed by atoms with Gasteiger partial charge in [0.2, 0.25) is 0 Å². The highest BCUT2D eigenvalue weighted by molar-refractivity contribution is 6.62. The fraction of sp³-hybridized carbons (Fsp3) is 0.364. The molecule has 0 aliphatic heterocycles. The molecule has 1 aromatic carbocycles. The van der Waals surface area contributed by atoms with E-state index in [0.717, 1.165) is 17.7 Å². The maximum atomic E-state index is 10.4. The van der Waals surface area contributed by atoms with Gasteiger partial charge < -0.3 is 10.1 Å². The molecule has 0 unspecified atom stereocenters. The molecule has 1 aromatic rings. The van der Waals surface area contributed by atoms with E-state index in [-0.39, 0.29) is 0 Å². The Morgan fingerprint density at radius 2 is 2.07 bits per heavy atom. The van der Waals surface area contributed by atoms with E-state index in [0.29, 0.717) is 13.2 Å². The molecule has 0 aliphatic carbocycles. The van der Waals surface area contributed by atoms with E-state index >= 15 is 0 Å². The van der Waals surface area contributed by atoms with Crippen LogP contribution in [0.4, 0.5) is 4.79 Å².